The molecular formula is C13H10FNO. The summed E-state index contributed by atoms with van der Waals surface area (Å²) in [6.07, 6.45) is 3.70. The quantitative estimate of drug-likeness (QED) is 0.618. The van der Waals surface area contributed by atoms with Crippen LogP contribution in [0.4, 0.5) is 4.39 Å². The summed E-state index contributed by atoms with van der Waals surface area (Å²) < 4.78 is 19.2. The van der Waals surface area contributed by atoms with Gasteiger partial charge in [0.05, 0.1) is 17.8 Å². The van der Waals surface area contributed by atoms with Crippen molar-refractivity contribution in [3.63, 3.8) is 0 Å². The van der Waals surface area contributed by atoms with E-state index >= 15 is 0 Å². The van der Waals surface area contributed by atoms with E-state index in [1.165, 1.54) is 11.8 Å². The summed E-state index contributed by atoms with van der Waals surface area (Å²) in [5, 5.41) is 1.33. The number of halogens is 1. The minimum absolute atomic E-state index is 0.333. The van der Waals surface area contributed by atoms with E-state index in [1.807, 2.05) is 18.2 Å². The van der Waals surface area contributed by atoms with Gasteiger partial charge in [-0.1, -0.05) is 19.1 Å². The Balaban J connectivity index is 2.47. The Hall–Kier alpha value is -1.90. The first-order valence-corrected chi connectivity index (χ1v) is 5.24. The van der Waals surface area contributed by atoms with E-state index in [0.717, 1.165) is 17.4 Å². The molecule has 0 atom stereocenters. The van der Waals surface area contributed by atoms with E-state index in [2.05, 4.69) is 11.9 Å². The molecule has 0 unspecified atom stereocenters. The van der Waals surface area contributed by atoms with E-state index in [-0.39, 0.29) is 5.82 Å². The van der Waals surface area contributed by atoms with Crippen molar-refractivity contribution in [3.8, 4) is 0 Å². The van der Waals surface area contributed by atoms with Crippen LogP contribution in [0.3, 0.4) is 0 Å². The highest BCUT2D eigenvalue weighted by molar-refractivity contribution is 6.04. The second-order valence-corrected chi connectivity index (χ2v) is 3.78. The molecule has 80 valence electrons. The molecule has 3 rings (SSSR count). The Morgan fingerprint density at radius 1 is 1.25 bits per heavy atom. The standard InChI is InChI=1S/C13H10FNO/c1-2-8-3-4-9-11(5-8)16-12-7-15-6-10(14)13(9)12/h3-7H,2H2,1H3. The summed E-state index contributed by atoms with van der Waals surface area (Å²) in [7, 11) is 0. The number of nitrogens with zero attached hydrogens (tertiary/aromatic N) is 1. The van der Waals surface area contributed by atoms with Gasteiger partial charge in [0.2, 0.25) is 0 Å². The first-order chi connectivity index (χ1) is 7.79. The highest BCUT2D eigenvalue weighted by Crippen LogP contribution is 2.30. The van der Waals surface area contributed by atoms with Crippen molar-refractivity contribution in [1.82, 2.24) is 4.98 Å². The Labute approximate surface area is 91.7 Å². The maximum atomic E-state index is 13.6. The number of fused-ring (bicyclic) bond motifs is 3. The zero-order valence-corrected chi connectivity index (χ0v) is 8.83. The fourth-order valence-electron chi connectivity index (χ4n) is 1.95. The summed E-state index contributed by atoms with van der Waals surface area (Å²) >= 11 is 0. The summed E-state index contributed by atoms with van der Waals surface area (Å²) in [5.41, 5.74) is 2.41. The Morgan fingerprint density at radius 3 is 2.94 bits per heavy atom. The monoisotopic (exact) mass is 215 g/mol. The van der Waals surface area contributed by atoms with Crippen molar-refractivity contribution in [2.45, 2.75) is 13.3 Å². The van der Waals surface area contributed by atoms with Crippen LogP contribution in [0.25, 0.3) is 21.9 Å². The molecule has 3 heteroatoms. The number of furan rings is 1. The molecular weight excluding hydrogens is 205 g/mol. The maximum Gasteiger partial charge on any atom is 0.156 e. The van der Waals surface area contributed by atoms with Crippen molar-refractivity contribution in [2.24, 2.45) is 0 Å². The third kappa shape index (κ3) is 1.21. The van der Waals surface area contributed by atoms with Gasteiger partial charge in [0, 0.05) is 5.39 Å². The van der Waals surface area contributed by atoms with Crippen molar-refractivity contribution in [2.75, 3.05) is 0 Å². The lowest BCUT2D eigenvalue weighted by Crippen LogP contribution is -1.79. The van der Waals surface area contributed by atoms with E-state index in [4.69, 9.17) is 4.42 Å². The molecule has 0 fully saturated rings. The Bertz CT molecular complexity index is 672. The summed E-state index contributed by atoms with van der Waals surface area (Å²) in [5.74, 6) is -0.333. The Morgan fingerprint density at radius 2 is 2.12 bits per heavy atom. The molecule has 16 heavy (non-hydrogen) atoms. The second-order valence-electron chi connectivity index (χ2n) is 3.78. The minimum Gasteiger partial charge on any atom is -0.454 e. The molecule has 3 aromatic rings. The average molecular weight is 215 g/mol. The smallest absolute Gasteiger partial charge is 0.156 e. The molecule has 0 N–H and O–H groups in total. The minimum atomic E-state index is -0.333. The van der Waals surface area contributed by atoms with Crippen LogP contribution in [-0.4, -0.2) is 4.98 Å². The molecule has 0 aliphatic carbocycles. The lowest BCUT2D eigenvalue weighted by atomic mass is 10.1. The number of pyridine rings is 1. The second kappa shape index (κ2) is 3.30. The zero-order chi connectivity index (χ0) is 11.1. The highest BCUT2D eigenvalue weighted by atomic mass is 19.1. The van der Waals surface area contributed by atoms with Gasteiger partial charge in [-0.15, -0.1) is 0 Å². The normalized spacial score (nSPS) is 11.4. The van der Waals surface area contributed by atoms with E-state index < -0.39 is 0 Å². The van der Waals surface area contributed by atoms with Gasteiger partial charge in [0.15, 0.2) is 11.4 Å². The molecule has 0 aliphatic rings. The number of hydrogen-bond donors (Lipinski definition) is 0. The van der Waals surface area contributed by atoms with E-state index in [9.17, 15) is 4.39 Å². The van der Waals surface area contributed by atoms with Gasteiger partial charge in [0.1, 0.15) is 5.58 Å². The van der Waals surface area contributed by atoms with Crippen LogP contribution >= 0.6 is 0 Å². The highest BCUT2D eigenvalue weighted by Gasteiger charge is 2.11. The van der Waals surface area contributed by atoms with Crippen molar-refractivity contribution >= 4 is 21.9 Å². The maximum absolute atomic E-state index is 13.6. The molecule has 0 bridgehead atoms. The van der Waals surface area contributed by atoms with Gasteiger partial charge in [-0.25, -0.2) is 4.39 Å². The van der Waals surface area contributed by atoms with E-state index in [1.54, 1.807) is 6.20 Å². The molecule has 0 amide bonds. The van der Waals surface area contributed by atoms with Gasteiger partial charge in [-0.05, 0) is 18.1 Å². The predicted octanol–water partition coefficient (Wildman–Crippen LogP) is 3.68. The first kappa shape index (κ1) is 9.33. The summed E-state index contributed by atoms with van der Waals surface area (Å²) in [4.78, 5) is 3.78. The first-order valence-electron chi connectivity index (χ1n) is 5.24. The fourth-order valence-corrected chi connectivity index (χ4v) is 1.95. The van der Waals surface area contributed by atoms with Gasteiger partial charge >= 0.3 is 0 Å². The van der Waals surface area contributed by atoms with Gasteiger partial charge in [-0.2, -0.15) is 0 Å². The molecule has 1 aromatic carbocycles. The lowest BCUT2D eigenvalue weighted by Gasteiger charge is -1.94. The topological polar surface area (TPSA) is 26.0 Å². The third-order valence-electron chi connectivity index (χ3n) is 2.81. The molecule has 0 saturated heterocycles. The summed E-state index contributed by atoms with van der Waals surface area (Å²) in [6.45, 7) is 2.08. The SMILES string of the molecule is CCc1ccc2c(c1)oc1cncc(F)c12. The van der Waals surface area contributed by atoms with Crippen LogP contribution in [0.2, 0.25) is 0 Å². The van der Waals surface area contributed by atoms with Gasteiger partial charge in [-0.3, -0.25) is 4.98 Å². The Kier molecular flexibility index (Phi) is 1.93. The molecule has 2 nitrogen and oxygen atoms in total. The zero-order valence-electron chi connectivity index (χ0n) is 8.83. The summed E-state index contributed by atoms with van der Waals surface area (Å²) in [6, 6.07) is 5.86. The molecule has 0 radical (unpaired) electrons. The molecule has 2 heterocycles. The molecule has 0 spiro atoms. The predicted molar refractivity (Wildman–Crippen MR) is 60.9 cm³/mol. The van der Waals surface area contributed by atoms with Crippen molar-refractivity contribution < 1.29 is 8.81 Å². The van der Waals surface area contributed by atoms with Gasteiger partial charge in [0.25, 0.3) is 0 Å². The number of aryl methyl sites for hydroxylation is 1. The van der Waals surface area contributed by atoms with Crippen LogP contribution in [-0.2, 0) is 6.42 Å². The van der Waals surface area contributed by atoms with Gasteiger partial charge < -0.3 is 4.42 Å². The van der Waals surface area contributed by atoms with Crippen LogP contribution < -0.4 is 0 Å². The van der Waals surface area contributed by atoms with Crippen LogP contribution in [0.15, 0.2) is 35.0 Å². The number of rotatable bonds is 1. The van der Waals surface area contributed by atoms with Crippen LogP contribution in [0.5, 0.6) is 0 Å². The fraction of sp³-hybridized carbons (Fsp3) is 0.154. The van der Waals surface area contributed by atoms with Crippen molar-refractivity contribution in [1.29, 1.82) is 0 Å². The van der Waals surface area contributed by atoms with E-state index in [0.29, 0.717) is 11.0 Å². The third-order valence-corrected chi connectivity index (χ3v) is 2.81. The number of hydrogen-bond acceptors (Lipinski definition) is 2. The van der Waals surface area contributed by atoms with Crippen LogP contribution in [0, 0.1) is 5.82 Å². The average Bonchev–Trinajstić information content (AvgIpc) is 2.67. The number of benzene rings is 1. The van der Waals surface area contributed by atoms with Crippen LogP contribution in [0.1, 0.15) is 12.5 Å². The largest absolute Gasteiger partial charge is 0.454 e. The molecule has 0 saturated carbocycles. The number of aromatic nitrogens is 1. The lowest BCUT2D eigenvalue weighted by molar-refractivity contribution is 0.626. The molecule has 2 aromatic heterocycles. The van der Waals surface area contributed by atoms with Crippen molar-refractivity contribution in [3.05, 3.63) is 42.0 Å². The molecule has 0 aliphatic heterocycles.